The van der Waals surface area contributed by atoms with Crippen LogP contribution in [-0.4, -0.2) is 4.57 Å². The van der Waals surface area contributed by atoms with Crippen molar-refractivity contribution in [3.8, 4) is 27.9 Å². The van der Waals surface area contributed by atoms with Gasteiger partial charge in [0.15, 0.2) is 0 Å². The average molecular weight is 721 g/mol. The number of nitrogens with zero attached hydrogens (tertiary/aromatic N) is 2. The number of anilines is 2. The molecule has 1 aliphatic heterocycles. The van der Waals surface area contributed by atoms with Crippen LogP contribution >= 0.6 is 0 Å². The fraction of sp³-hybridized carbons (Fsp3) is 0.0943. The van der Waals surface area contributed by atoms with E-state index in [1.807, 2.05) is 12.1 Å². The molecule has 1 aliphatic carbocycles. The standard InChI is InChI=1S/C53H40N2O/c1-34-22-23-37(31-45(34)42-19-7-6-18-41(42)36-14-12-15-36)38-24-27-49-46(32-38)43-20-8-9-21-48(43)55(49)40-25-29-51-47(33-40)44-26-28-50-52(53(44)56-51)35(2)13-10-11-30-54(50)39-16-4-3-5-17-39/h3-11,13,16-33,36H,2,12,14-15H2,1H3/b13-10-,30-11-. The first-order chi connectivity index (χ1) is 27.6. The van der Waals surface area contributed by atoms with Crippen LogP contribution in [0.1, 0.15) is 41.9 Å². The van der Waals surface area contributed by atoms with Crippen molar-refractivity contribution >= 4 is 60.7 Å². The molecule has 0 spiro atoms. The number of hydrogen-bond donors (Lipinski definition) is 0. The molecule has 0 saturated heterocycles. The molecular formula is C53H40N2O. The molecule has 1 fully saturated rings. The number of allylic oxidation sites excluding steroid dienone is 4. The molecule has 7 aromatic carbocycles. The molecule has 0 amide bonds. The fourth-order valence-corrected chi connectivity index (χ4v) is 9.09. The van der Waals surface area contributed by atoms with E-state index in [4.69, 9.17) is 4.42 Å². The van der Waals surface area contributed by atoms with Crippen LogP contribution in [-0.2, 0) is 0 Å². The summed E-state index contributed by atoms with van der Waals surface area (Å²) in [5, 5.41) is 4.64. The van der Waals surface area contributed by atoms with Gasteiger partial charge in [-0.2, -0.15) is 0 Å². The number of para-hydroxylation sites is 2. The Morgan fingerprint density at radius 2 is 1.39 bits per heavy atom. The molecule has 2 aliphatic rings. The van der Waals surface area contributed by atoms with Gasteiger partial charge in [-0.25, -0.2) is 0 Å². The van der Waals surface area contributed by atoms with E-state index in [1.54, 1.807) is 0 Å². The Morgan fingerprint density at radius 1 is 0.607 bits per heavy atom. The fourth-order valence-electron chi connectivity index (χ4n) is 9.09. The van der Waals surface area contributed by atoms with E-state index >= 15 is 0 Å². The van der Waals surface area contributed by atoms with Crippen LogP contribution in [0.4, 0.5) is 11.4 Å². The lowest BCUT2D eigenvalue weighted by molar-refractivity contribution is 0.420. The second-order valence-corrected chi connectivity index (χ2v) is 15.4. The third kappa shape index (κ3) is 5.12. The van der Waals surface area contributed by atoms with Gasteiger partial charge in [0.2, 0.25) is 0 Å². The maximum Gasteiger partial charge on any atom is 0.145 e. The van der Waals surface area contributed by atoms with Crippen LogP contribution in [0.3, 0.4) is 0 Å². The molecule has 0 N–H and O–H groups in total. The van der Waals surface area contributed by atoms with Crippen molar-refractivity contribution in [1.82, 2.24) is 4.57 Å². The van der Waals surface area contributed by atoms with E-state index < -0.39 is 0 Å². The Balaban J connectivity index is 1.05. The van der Waals surface area contributed by atoms with Crippen molar-refractivity contribution in [2.45, 2.75) is 32.1 Å². The maximum atomic E-state index is 6.74. The number of benzene rings is 7. The van der Waals surface area contributed by atoms with Gasteiger partial charge in [0.05, 0.1) is 16.7 Å². The Labute approximate surface area is 326 Å². The molecule has 11 rings (SSSR count). The molecule has 0 unspecified atom stereocenters. The topological polar surface area (TPSA) is 21.3 Å². The van der Waals surface area contributed by atoms with E-state index in [1.165, 1.54) is 74.4 Å². The van der Waals surface area contributed by atoms with Crippen molar-refractivity contribution in [3.63, 3.8) is 0 Å². The van der Waals surface area contributed by atoms with Crippen LogP contribution < -0.4 is 4.90 Å². The number of furan rings is 1. The van der Waals surface area contributed by atoms with E-state index in [0.29, 0.717) is 5.92 Å². The van der Waals surface area contributed by atoms with Gasteiger partial charge in [-0.3, -0.25) is 0 Å². The van der Waals surface area contributed by atoms with E-state index in [0.717, 1.165) is 50.1 Å². The SMILES string of the molecule is C=C1/C=C\C=C/N(c2ccccc2)c2ccc3c(oc4ccc(-n5c6ccccc6c6cc(-c7ccc(C)c(-c8ccccc8C8CCC8)c7)ccc65)cc43)c21. The smallest absolute Gasteiger partial charge is 0.145 e. The molecule has 9 aromatic rings. The lowest BCUT2D eigenvalue weighted by Gasteiger charge is -2.28. The molecule has 3 heterocycles. The summed E-state index contributed by atoms with van der Waals surface area (Å²) in [5.74, 6) is 0.675. The van der Waals surface area contributed by atoms with Gasteiger partial charge in [0.25, 0.3) is 0 Å². The number of fused-ring (bicyclic) bond motifs is 8. The van der Waals surface area contributed by atoms with Gasteiger partial charge in [0.1, 0.15) is 11.2 Å². The van der Waals surface area contributed by atoms with Gasteiger partial charge in [0, 0.05) is 44.7 Å². The normalized spacial score (nSPS) is 15.6. The highest BCUT2D eigenvalue weighted by Crippen LogP contribution is 2.45. The molecular weight excluding hydrogens is 681 g/mol. The van der Waals surface area contributed by atoms with Crippen molar-refractivity contribution in [1.29, 1.82) is 0 Å². The zero-order valence-corrected chi connectivity index (χ0v) is 31.4. The minimum atomic E-state index is 0.675. The van der Waals surface area contributed by atoms with Gasteiger partial charge >= 0.3 is 0 Å². The molecule has 56 heavy (non-hydrogen) atoms. The Kier molecular flexibility index (Phi) is 7.50. The minimum absolute atomic E-state index is 0.675. The third-order valence-corrected chi connectivity index (χ3v) is 12.2. The van der Waals surface area contributed by atoms with Gasteiger partial charge < -0.3 is 13.9 Å². The number of aromatic nitrogens is 1. The van der Waals surface area contributed by atoms with Crippen LogP contribution in [0.15, 0.2) is 181 Å². The van der Waals surface area contributed by atoms with E-state index in [9.17, 15) is 0 Å². The van der Waals surface area contributed by atoms with Crippen molar-refractivity contribution in [2.24, 2.45) is 0 Å². The first-order valence-electron chi connectivity index (χ1n) is 19.7. The lowest BCUT2D eigenvalue weighted by atomic mass is 9.76. The second-order valence-electron chi connectivity index (χ2n) is 15.4. The summed E-state index contributed by atoms with van der Waals surface area (Å²) in [6, 6.07) is 53.2. The predicted molar refractivity (Wildman–Crippen MR) is 236 cm³/mol. The molecule has 0 radical (unpaired) electrons. The van der Waals surface area contributed by atoms with E-state index in [2.05, 4.69) is 181 Å². The monoisotopic (exact) mass is 720 g/mol. The van der Waals surface area contributed by atoms with Gasteiger partial charge in [-0.1, -0.05) is 104 Å². The molecule has 0 atom stereocenters. The second kappa shape index (κ2) is 12.9. The van der Waals surface area contributed by atoms with Crippen LogP contribution in [0.25, 0.3) is 77.3 Å². The first kappa shape index (κ1) is 32.6. The predicted octanol–water partition coefficient (Wildman–Crippen LogP) is 14.8. The van der Waals surface area contributed by atoms with Gasteiger partial charge in [-0.15, -0.1) is 0 Å². The first-order valence-corrected chi connectivity index (χ1v) is 19.7. The van der Waals surface area contributed by atoms with Crippen LogP contribution in [0, 0.1) is 6.92 Å². The van der Waals surface area contributed by atoms with Crippen LogP contribution in [0.5, 0.6) is 0 Å². The zero-order valence-electron chi connectivity index (χ0n) is 31.4. The van der Waals surface area contributed by atoms with Crippen molar-refractivity contribution in [3.05, 3.63) is 193 Å². The number of rotatable bonds is 5. The number of hydrogen-bond acceptors (Lipinski definition) is 2. The summed E-state index contributed by atoms with van der Waals surface area (Å²) in [7, 11) is 0. The quantitative estimate of drug-likeness (QED) is 0.177. The van der Waals surface area contributed by atoms with Crippen molar-refractivity contribution in [2.75, 3.05) is 4.90 Å². The molecule has 3 nitrogen and oxygen atoms in total. The Hall–Kier alpha value is -6.84. The zero-order chi connectivity index (χ0) is 37.3. The molecule has 0 bridgehead atoms. The Morgan fingerprint density at radius 3 is 2.27 bits per heavy atom. The molecule has 3 heteroatoms. The minimum Gasteiger partial charge on any atom is -0.455 e. The van der Waals surface area contributed by atoms with E-state index in [-0.39, 0.29) is 0 Å². The molecule has 2 aromatic heterocycles. The maximum absolute atomic E-state index is 6.74. The summed E-state index contributed by atoms with van der Waals surface area (Å²) >= 11 is 0. The Bertz CT molecular complexity index is 3100. The largest absolute Gasteiger partial charge is 0.455 e. The summed E-state index contributed by atoms with van der Waals surface area (Å²) < 4.78 is 9.14. The van der Waals surface area contributed by atoms with Crippen LogP contribution in [0.2, 0.25) is 0 Å². The lowest BCUT2D eigenvalue weighted by Crippen LogP contribution is -2.11. The highest BCUT2D eigenvalue weighted by Gasteiger charge is 2.24. The highest BCUT2D eigenvalue weighted by molar-refractivity contribution is 6.13. The van der Waals surface area contributed by atoms with Crippen molar-refractivity contribution < 1.29 is 4.42 Å². The summed E-state index contributed by atoms with van der Waals surface area (Å²) in [4.78, 5) is 2.21. The molecule has 1 saturated carbocycles. The number of aryl methyl sites for hydroxylation is 1. The highest BCUT2D eigenvalue weighted by atomic mass is 16.3. The summed E-state index contributed by atoms with van der Waals surface area (Å²) in [6.07, 6.45) is 12.2. The third-order valence-electron chi connectivity index (χ3n) is 12.2. The molecule has 268 valence electrons. The summed E-state index contributed by atoms with van der Waals surface area (Å²) in [5.41, 5.74) is 17.2. The average Bonchev–Trinajstić information content (AvgIpc) is 3.75. The van der Waals surface area contributed by atoms with Gasteiger partial charge in [-0.05, 0) is 137 Å². The summed E-state index contributed by atoms with van der Waals surface area (Å²) in [6.45, 7) is 6.74.